The lowest BCUT2D eigenvalue weighted by Gasteiger charge is -2.30. The van der Waals surface area contributed by atoms with Crippen LogP contribution in [-0.2, 0) is 25.2 Å². The van der Waals surface area contributed by atoms with E-state index in [0.29, 0.717) is 0 Å². The van der Waals surface area contributed by atoms with Gasteiger partial charge >= 0.3 is 0 Å². The topological polar surface area (TPSA) is 131 Å². The van der Waals surface area contributed by atoms with E-state index >= 15 is 0 Å². The van der Waals surface area contributed by atoms with Gasteiger partial charge < -0.3 is 38.6 Å². The van der Waals surface area contributed by atoms with Gasteiger partial charge in [0.1, 0.15) is 18.3 Å². The second-order valence-corrected chi connectivity index (χ2v) is 5.71. The van der Waals surface area contributed by atoms with Gasteiger partial charge in [0.05, 0.1) is 21.0 Å². The monoisotopic (exact) mass is 318 g/mol. The predicted molar refractivity (Wildman–Crippen MR) is 65.5 cm³/mol. The molecule has 4 atom stereocenters. The Morgan fingerprint density at radius 3 is 2.52 bits per heavy atom. The van der Waals surface area contributed by atoms with Gasteiger partial charge in [0.2, 0.25) is 0 Å². The van der Waals surface area contributed by atoms with Crippen molar-refractivity contribution in [3.63, 3.8) is 0 Å². The number of rotatable bonds is 6. The van der Waals surface area contributed by atoms with Gasteiger partial charge in [-0.05, 0) is 5.56 Å². The Balaban J connectivity index is 1.94. The van der Waals surface area contributed by atoms with Crippen molar-refractivity contribution in [2.45, 2.75) is 31.2 Å². The molecule has 1 saturated heterocycles. The van der Waals surface area contributed by atoms with Crippen LogP contribution in [0.4, 0.5) is 0 Å². The summed E-state index contributed by atoms with van der Waals surface area (Å²) in [7, 11) is -5.16. The smallest absolute Gasteiger partial charge is 0.184 e. The molecular weight excluding hydrogens is 303 g/mol. The molecule has 1 heterocycles. The molecule has 0 spiro atoms. The Morgan fingerprint density at radius 1 is 1.24 bits per heavy atom. The second-order valence-electron chi connectivity index (χ2n) is 4.56. The van der Waals surface area contributed by atoms with Crippen molar-refractivity contribution in [2.24, 2.45) is 0 Å². The molecule has 1 aromatic rings. The van der Waals surface area contributed by atoms with Gasteiger partial charge in [-0.2, -0.15) is 0 Å². The predicted octanol–water partition coefficient (Wildman–Crippen LogP) is -1.50. The highest BCUT2D eigenvalue weighted by molar-refractivity contribution is 7.43. The van der Waals surface area contributed by atoms with Crippen molar-refractivity contribution in [3.8, 4) is 0 Å². The molecule has 0 saturated carbocycles. The Kier molecular flexibility index (Phi) is 5.48. The van der Waals surface area contributed by atoms with E-state index in [0.717, 1.165) is 5.56 Å². The largest absolute Gasteiger partial charge is 0.790 e. The van der Waals surface area contributed by atoms with Crippen LogP contribution in [0.15, 0.2) is 30.3 Å². The number of ether oxygens (including phenoxy) is 2. The lowest BCUT2D eigenvalue weighted by Crippen LogP contribution is -2.37. The normalized spacial score (nSPS) is 29.7. The average molecular weight is 318 g/mol. The summed E-state index contributed by atoms with van der Waals surface area (Å²) in [6.07, 6.45) is -4.96. The minimum atomic E-state index is -5.16. The summed E-state index contributed by atoms with van der Waals surface area (Å²) < 4.78 is 24.9. The summed E-state index contributed by atoms with van der Waals surface area (Å²) in [4.78, 5) is 20.9. The fourth-order valence-electron chi connectivity index (χ4n) is 1.99. The van der Waals surface area contributed by atoms with E-state index in [2.05, 4.69) is 4.52 Å². The fraction of sp³-hybridized carbons (Fsp3) is 0.500. The number of aliphatic hydroxyl groups excluding tert-OH is 2. The van der Waals surface area contributed by atoms with Crippen LogP contribution in [-0.4, -0.2) is 41.4 Å². The lowest BCUT2D eigenvalue weighted by atomic mass is 10.1. The zero-order valence-corrected chi connectivity index (χ0v) is 11.8. The third kappa shape index (κ3) is 4.84. The van der Waals surface area contributed by atoms with Crippen LogP contribution in [0.3, 0.4) is 0 Å². The van der Waals surface area contributed by atoms with Gasteiger partial charge in [-0.3, -0.25) is 0 Å². The first-order valence-corrected chi connectivity index (χ1v) is 7.66. The van der Waals surface area contributed by atoms with E-state index in [1.165, 1.54) is 0 Å². The first-order valence-electron chi connectivity index (χ1n) is 6.20. The van der Waals surface area contributed by atoms with Crippen molar-refractivity contribution in [1.82, 2.24) is 0 Å². The molecule has 1 aliphatic rings. The maximum Gasteiger partial charge on any atom is 0.184 e. The molecule has 8 nitrogen and oxygen atoms in total. The van der Waals surface area contributed by atoms with E-state index in [1.807, 2.05) is 6.07 Å². The maximum absolute atomic E-state index is 10.5. The summed E-state index contributed by atoms with van der Waals surface area (Å²) in [6, 6.07) is 9.04. The Bertz CT molecular complexity index is 489. The Morgan fingerprint density at radius 2 is 1.90 bits per heavy atom. The van der Waals surface area contributed by atoms with E-state index in [1.54, 1.807) is 24.3 Å². The molecule has 0 amide bonds. The molecule has 21 heavy (non-hydrogen) atoms. The van der Waals surface area contributed by atoms with Crippen molar-refractivity contribution in [2.75, 3.05) is 6.61 Å². The third-order valence-corrected chi connectivity index (χ3v) is 3.46. The molecule has 2 rings (SSSR count). The molecule has 0 aliphatic carbocycles. The fourth-order valence-corrected chi connectivity index (χ4v) is 2.32. The van der Waals surface area contributed by atoms with Gasteiger partial charge in [0.15, 0.2) is 6.29 Å². The standard InChI is InChI=1S/C12H17O8P/c13-10-11(18-6-8-4-2-1-3-5-8)9(20-12(10)14)7-19-21(15,16)17/h1-5,9-14H,6-7H2,(H2,15,16,17)/p-2. The number of benzene rings is 1. The Hall–Kier alpha value is -0.830. The first-order chi connectivity index (χ1) is 9.87. The van der Waals surface area contributed by atoms with Crippen LogP contribution in [0.25, 0.3) is 0 Å². The summed E-state index contributed by atoms with van der Waals surface area (Å²) in [5.41, 5.74) is 0.823. The molecule has 2 N–H and O–H groups in total. The minimum absolute atomic E-state index is 0.127. The summed E-state index contributed by atoms with van der Waals surface area (Å²) in [5, 5.41) is 19.2. The molecule has 1 fully saturated rings. The van der Waals surface area contributed by atoms with Crippen LogP contribution >= 0.6 is 7.82 Å². The van der Waals surface area contributed by atoms with E-state index in [-0.39, 0.29) is 6.61 Å². The van der Waals surface area contributed by atoms with Gasteiger partial charge in [0, 0.05) is 0 Å². The quantitative estimate of drug-likeness (QED) is 0.606. The van der Waals surface area contributed by atoms with Gasteiger partial charge in [-0.15, -0.1) is 0 Å². The summed E-state index contributed by atoms with van der Waals surface area (Å²) in [5.74, 6) is 0. The molecule has 9 heteroatoms. The SMILES string of the molecule is O=P([O-])([O-])OCC1OC(O)C(O)C1OCc1ccccc1. The average Bonchev–Trinajstić information content (AvgIpc) is 2.70. The zero-order valence-electron chi connectivity index (χ0n) is 10.9. The van der Waals surface area contributed by atoms with Crippen molar-refractivity contribution >= 4 is 7.82 Å². The third-order valence-electron chi connectivity index (χ3n) is 2.99. The highest BCUT2D eigenvalue weighted by atomic mass is 31.2. The van der Waals surface area contributed by atoms with E-state index in [9.17, 15) is 24.6 Å². The molecule has 4 unspecified atom stereocenters. The zero-order chi connectivity index (χ0) is 15.5. The highest BCUT2D eigenvalue weighted by Gasteiger charge is 2.44. The Labute approximate surface area is 121 Å². The number of hydrogen-bond donors (Lipinski definition) is 2. The molecule has 0 radical (unpaired) electrons. The van der Waals surface area contributed by atoms with Crippen LogP contribution in [0, 0.1) is 0 Å². The molecular formula is C12H15O8P-2. The van der Waals surface area contributed by atoms with Crippen LogP contribution in [0.2, 0.25) is 0 Å². The van der Waals surface area contributed by atoms with E-state index in [4.69, 9.17) is 9.47 Å². The van der Waals surface area contributed by atoms with Gasteiger partial charge in [-0.1, -0.05) is 30.3 Å². The number of phosphoric acid groups is 1. The highest BCUT2D eigenvalue weighted by Crippen LogP contribution is 2.30. The molecule has 118 valence electrons. The molecule has 0 bridgehead atoms. The number of hydrogen-bond acceptors (Lipinski definition) is 8. The summed E-state index contributed by atoms with van der Waals surface area (Å²) >= 11 is 0. The molecule has 0 aromatic heterocycles. The van der Waals surface area contributed by atoms with Crippen LogP contribution < -0.4 is 9.79 Å². The molecule has 1 aromatic carbocycles. The van der Waals surface area contributed by atoms with Crippen molar-refractivity contribution < 1.29 is 38.6 Å². The van der Waals surface area contributed by atoms with E-state index < -0.39 is 39.0 Å². The van der Waals surface area contributed by atoms with Gasteiger partial charge in [0.25, 0.3) is 0 Å². The first kappa shape index (κ1) is 16.5. The van der Waals surface area contributed by atoms with Crippen molar-refractivity contribution in [3.05, 3.63) is 35.9 Å². The molecule has 1 aliphatic heterocycles. The van der Waals surface area contributed by atoms with Crippen LogP contribution in [0.5, 0.6) is 0 Å². The number of aliphatic hydroxyl groups is 2. The second kappa shape index (κ2) is 6.95. The van der Waals surface area contributed by atoms with Crippen molar-refractivity contribution in [1.29, 1.82) is 0 Å². The lowest BCUT2D eigenvalue weighted by molar-refractivity contribution is -0.343. The van der Waals surface area contributed by atoms with Crippen LogP contribution in [0.1, 0.15) is 5.56 Å². The minimum Gasteiger partial charge on any atom is -0.790 e. The maximum atomic E-state index is 10.5. The van der Waals surface area contributed by atoms with Gasteiger partial charge in [-0.25, -0.2) is 0 Å². The number of phosphoric ester groups is 1. The summed E-state index contributed by atoms with van der Waals surface area (Å²) in [6.45, 7) is -0.501.